The van der Waals surface area contributed by atoms with E-state index >= 15 is 0 Å². The van der Waals surface area contributed by atoms with Crippen molar-refractivity contribution in [1.82, 2.24) is 0 Å². The van der Waals surface area contributed by atoms with E-state index in [9.17, 15) is 0 Å². The molecule has 0 heterocycles. The van der Waals surface area contributed by atoms with E-state index in [2.05, 4.69) is 0 Å². The second kappa shape index (κ2) is 2.91. The second-order valence-electron chi connectivity index (χ2n) is 2.16. The van der Waals surface area contributed by atoms with Crippen LogP contribution in [-0.4, -0.2) is 27.9 Å². The molecule has 0 saturated carbocycles. The van der Waals surface area contributed by atoms with E-state index in [1.165, 1.54) is 13.2 Å². The number of methoxy groups -OCH3 is 1. The zero-order valence-corrected chi connectivity index (χ0v) is 6.16. The molecule has 1 aromatic carbocycles. The van der Waals surface area contributed by atoms with Crippen molar-refractivity contribution in [2.75, 3.05) is 7.11 Å². The third-order valence-corrected chi connectivity index (χ3v) is 1.36. The summed E-state index contributed by atoms with van der Waals surface area (Å²) in [4.78, 5) is 0. The summed E-state index contributed by atoms with van der Waals surface area (Å²) in [5.41, 5.74) is 0.634. The quantitative estimate of drug-likeness (QED) is 0.511. The van der Waals surface area contributed by atoms with Gasteiger partial charge in [0.25, 0.3) is 0 Å². The van der Waals surface area contributed by atoms with E-state index in [-0.39, 0.29) is 11.2 Å². The minimum absolute atomic E-state index is 0.0538. The molecule has 0 fully saturated rings. The van der Waals surface area contributed by atoms with E-state index in [0.29, 0.717) is 11.2 Å². The van der Waals surface area contributed by atoms with Crippen LogP contribution in [0.2, 0.25) is 0 Å². The molecule has 1 N–H and O–H groups in total. The third-order valence-electron chi connectivity index (χ3n) is 1.36. The molecule has 0 aromatic heterocycles. The van der Waals surface area contributed by atoms with Gasteiger partial charge < -0.3 is 9.84 Å². The Kier molecular flexibility index (Phi) is 2.13. The summed E-state index contributed by atoms with van der Waals surface area (Å²) < 4.78 is 4.84. The predicted molar refractivity (Wildman–Crippen MR) is 45.4 cm³/mol. The first-order chi connectivity index (χ1) is 5.15. The van der Waals surface area contributed by atoms with Crippen molar-refractivity contribution in [2.24, 2.45) is 0 Å². The van der Waals surface area contributed by atoms with Crippen LogP contribution < -0.4 is 15.7 Å². The first-order valence-corrected chi connectivity index (χ1v) is 3.07. The monoisotopic (exact) mass is 144 g/mol. The molecule has 4 radical (unpaired) electrons. The van der Waals surface area contributed by atoms with Crippen LogP contribution in [0.3, 0.4) is 0 Å². The highest BCUT2D eigenvalue weighted by Gasteiger charge is 2.02. The number of phenols is 1. The third kappa shape index (κ3) is 1.50. The molecule has 0 aliphatic heterocycles. The molecule has 0 atom stereocenters. The molecule has 0 aliphatic carbocycles. The Bertz CT molecular complexity index is 273. The Morgan fingerprint density at radius 2 is 2.00 bits per heavy atom. The highest BCUT2D eigenvalue weighted by atomic mass is 16.5. The Balaban J connectivity index is 3.24. The number of phenolic OH excluding ortho intramolecular Hbond substituents is 1. The first kappa shape index (κ1) is 8.05. The molecule has 52 valence electrons. The number of rotatable bonds is 1. The normalized spacial score (nSPS) is 9.55. The van der Waals surface area contributed by atoms with Gasteiger partial charge in [-0.2, -0.15) is 0 Å². The van der Waals surface area contributed by atoms with E-state index in [1.54, 1.807) is 6.07 Å². The van der Waals surface area contributed by atoms with E-state index in [4.69, 9.17) is 25.5 Å². The van der Waals surface area contributed by atoms with Crippen molar-refractivity contribution < 1.29 is 9.84 Å². The lowest BCUT2D eigenvalue weighted by Gasteiger charge is -2.07. The molecule has 4 heteroatoms. The fraction of sp³-hybridized carbons (Fsp3) is 0.143. The maximum Gasteiger partial charge on any atom is 0.124 e. The fourth-order valence-corrected chi connectivity index (χ4v) is 0.802. The summed E-state index contributed by atoms with van der Waals surface area (Å²) in [6.45, 7) is 0. The summed E-state index contributed by atoms with van der Waals surface area (Å²) >= 11 is 0. The Morgan fingerprint density at radius 1 is 1.36 bits per heavy atom. The van der Waals surface area contributed by atoms with Gasteiger partial charge in [0, 0.05) is 0 Å². The zero-order chi connectivity index (χ0) is 8.43. The van der Waals surface area contributed by atoms with Gasteiger partial charge in [0.15, 0.2) is 0 Å². The smallest absolute Gasteiger partial charge is 0.124 e. The van der Waals surface area contributed by atoms with Crippen molar-refractivity contribution in [3.05, 3.63) is 12.1 Å². The summed E-state index contributed by atoms with van der Waals surface area (Å²) in [7, 11) is 12.3. The van der Waals surface area contributed by atoms with Crippen molar-refractivity contribution in [1.29, 1.82) is 0 Å². The standard InChI is InChI=1S/C7H6B2O2/c1-11-6-3-4(8)2-5(10)7(6)9/h2-3,10H,1H3. The lowest BCUT2D eigenvalue weighted by Crippen LogP contribution is -2.13. The minimum Gasteiger partial charge on any atom is -0.508 e. The Labute approximate surface area is 68.0 Å². The highest BCUT2D eigenvalue weighted by Crippen LogP contribution is 2.10. The van der Waals surface area contributed by atoms with Crippen molar-refractivity contribution in [2.45, 2.75) is 0 Å². The molecule has 0 saturated heterocycles. The zero-order valence-electron chi connectivity index (χ0n) is 6.16. The van der Waals surface area contributed by atoms with Crippen LogP contribution in [0.25, 0.3) is 0 Å². The molecule has 11 heavy (non-hydrogen) atoms. The lowest BCUT2D eigenvalue weighted by molar-refractivity contribution is 0.413. The lowest BCUT2D eigenvalue weighted by atomic mass is 9.87. The van der Waals surface area contributed by atoms with Gasteiger partial charge in [-0.1, -0.05) is 5.46 Å². The minimum atomic E-state index is -0.0538. The second-order valence-corrected chi connectivity index (χ2v) is 2.16. The van der Waals surface area contributed by atoms with E-state index in [1.807, 2.05) is 0 Å². The van der Waals surface area contributed by atoms with Crippen LogP contribution in [0.1, 0.15) is 0 Å². The maximum atomic E-state index is 9.13. The highest BCUT2D eigenvalue weighted by molar-refractivity contribution is 6.38. The Hall–Kier alpha value is -1.05. The van der Waals surface area contributed by atoms with Crippen LogP contribution >= 0.6 is 0 Å². The number of benzene rings is 1. The molecule has 0 unspecified atom stereocenters. The van der Waals surface area contributed by atoms with Crippen molar-refractivity contribution in [3.8, 4) is 11.5 Å². The van der Waals surface area contributed by atoms with E-state index in [0.717, 1.165) is 0 Å². The summed E-state index contributed by atoms with van der Waals surface area (Å²) in [6, 6.07) is 2.92. The van der Waals surface area contributed by atoms with Gasteiger partial charge in [0.1, 0.15) is 27.2 Å². The average molecular weight is 144 g/mol. The van der Waals surface area contributed by atoms with Gasteiger partial charge in [0.2, 0.25) is 0 Å². The molecule has 0 aliphatic rings. The van der Waals surface area contributed by atoms with Crippen LogP contribution in [0.4, 0.5) is 0 Å². The fourth-order valence-electron chi connectivity index (χ4n) is 0.802. The Morgan fingerprint density at radius 3 is 2.55 bits per heavy atom. The molecule has 1 rings (SSSR count). The van der Waals surface area contributed by atoms with Gasteiger partial charge in [-0.3, -0.25) is 0 Å². The molecular formula is C7H6B2O2. The largest absolute Gasteiger partial charge is 0.508 e. The first-order valence-electron chi connectivity index (χ1n) is 3.07. The van der Waals surface area contributed by atoms with Crippen LogP contribution in [0.15, 0.2) is 12.1 Å². The van der Waals surface area contributed by atoms with Gasteiger partial charge in [-0.25, -0.2) is 0 Å². The van der Waals surface area contributed by atoms with Crippen molar-refractivity contribution >= 4 is 26.6 Å². The van der Waals surface area contributed by atoms with Crippen LogP contribution in [-0.2, 0) is 0 Å². The molecule has 0 amide bonds. The molecule has 2 nitrogen and oxygen atoms in total. The van der Waals surface area contributed by atoms with Crippen LogP contribution in [0, 0.1) is 0 Å². The van der Waals surface area contributed by atoms with Gasteiger partial charge in [-0.15, -0.1) is 0 Å². The summed E-state index contributed by atoms with van der Waals surface area (Å²) in [5, 5.41) is 9.13. The maximum absolute atomic E-state index is 9.13. The summed E-state index contributed by atoms with van der Waals surface area (Å²) in [6.07, 6.45) is 0. The number of ether oxygens (including phenoxy) is 1. The topological polar surface area (TPSA) is 29.5 Å². The predicted octanol–water partition coefficient (Wildman–Crippen LogP) is -1.01. The molecule has 1 aromatic rings. The molecule has 0 spiro atoms. The van der Waals surface area contributed by atoms with E-state index < -0.39 is 0 Å². The van der Waals surface area contributed by atoms with Gasteiger partial charge in [0.05, 0.1) is 7.11 Å². The van der Waals surface area contributed by atoms with Crippen LogP contribution in [0.5, 0.6) is 11.5 Å². The molecular weight excluding hydrogens is 138 g/mol. The van der Waals surface area contributed by atoms with Gasteiger partial charge in [-0.05, 0) is 17.6 Å². The summed E-state index contributed by atoms with van der Waals surface area (Å²) in [5.74, 6) is 0.337. The number of aromatic hydroxyl groups is 1. The molecule has 0 bridgehead atoms. The van der Waals surface area contributed by atoms with Gasteiger partial charge >= 0.3 is 0 Å². The number of hydrogen-bond acceptors (Lipinski definition) is 2. The van der Waals surface area contributed by atoms with Crippen molar-refractivity contribution in [3.63, 3.8) is 0 Å². The average Bonchev–Trinajstić information content (AvgIpc) is 1.96. The number of hydrogen-bond donors (Lipinski definition) is 1. The SMILES string of the molecule is [B]c1cc(O)c([B])c(OC)c1.